The van der Waals surface area contributed by atoms with Crippen LogP contribution in [0.15, 0.2) is 22.7 Å². The van der Waals surface area contributed by atoms with Crippen LogP contribution in [0.1, 0.15) is 16.1 Å². The molecule has 0 aliphatic heterocycles. The average molecular weight is 344 g/mol. The molecule has 0 spiro atoms. The molecule has 0 bridgehead atoms. The van der Waals surface area contributed by atoms with E-state index in [-0.39, 0.29) is 5.91 Å². The Morgan fingerprint density at radius 2 is 2.21 bits per heavy atom. The lowest BCUT2D eigenvalue weighted by Gasteiger charge is -2.08. The average Bonchev–Trinajstić information content (AvgIpc) is 2.59. The van der Waals surface area contributed by atoms with Crippen LogP contribution in [0.25, 0.3) is 0 Å². The van der Waals surface area contributed by atoms with Gasteiger partial charge in [0, 0.05) is 11.5 Å². The lowest BCUT2D eigenvalue weighted by atomic mass is 10.2. The molecule has 0 unspecified atom stereocenters. The molecule has 5 nitrogen and oxygen atoms in total. The van der Waals surface area contributed by atoms with Crippen LogP contribution in [0.3, 0.4) is 0 Å². The topological polar surface area (TPSA) is 72.9 Å². The van der Waals surface area contributed by atoms with Crippen molar-refractivity contribution in [1.82, 2.24) is 9.78 Å². The fourth-order valence-corrected chi connectivity index (χ4v) is 2.25. The van der Waals surface area contributed by atoms with Gasteiger partial charge in [-0.15, -0.1) is 0 Å². The van der Waals surface area contributed by atoms with Crippen molar-refractivity contribution in [3.63, 3.8) is 0 Å². The summed E-state index contributed by atoms with van der Waals surface area (Å²) in [7, 11) is 1.71. The highest BCUT2D eigenvalue weighted by Gasteiger charge is 2.17. The molecule has 3 N–H and O–H groups in total. The van der Waals surface area contributed by atoms with E-state index in [0.29, 0.717) is 32.3 Å². The van der Waals surface area contributed by atoms with E-state index in [9.17, 15) is 4.79 Å². The molecule has 1 aromatic heterocycles. The lowest BCUT2D eigenvalue weighted by Crippen LogP contribution is -2.16. The summed E-state index contributed by atoms with van der Waals surface area (Å²) in [5.74, 6) is 0.125. The second-order valence-corrected chi connectivity index (χ2v) is 5.26. The summed E-state index contributed by atoms with van der Waals surface area (Å²) in [5.41, 5.74) is 7.34. The number of rotatable bonds is 2. The van der Waals surface area contributed by atoms with Crippen LogP contribution in [0.5, 0.6) is 0 Å². The first-order valence-corrected chi connectivity index (χ1v) is 6.63. The van der Waals surface area contributed by atoms with Crippen molar-refractivity contribution < 1.29 is 4.79 Å². The molecule has 1 aromatic carbocycles. The molecule has 0 saturated carbocycles. The summed E-state index contributed by atoms with van der Waals surface area (Å²) in [5, 5.41) is 7.21. The number of aryl methyl sites for hydroxylation is 2. The predicted molar refractivity (Wildman–Crippen MR) is 79.5 cm³/mol. The van der Waals surface area contributed by atoms with Crippen LogP contribution >= 0.6 is 27.5 Å². The number of benzene rings is 1. The zero-order valence-corrected chi connectivity index (χ0v) is 12.7. The van der Waals surface area contributed by atoms with Gasteiger partial charge in [-0.25, -0.2) is 0 Å². The molecule has 0 aliphatic rings. The van der Waals surface area contributed by atoms with Gasteiger partial charge in [0.05, 0.1) is 22.0 Å². The Morgan fingerprint density at radius 3 is 2.79 bits per heavy atom. The Bertz CT molecular complexity index is 653. The first-order valence-electron chi connectivity index (χ1n) is 5.46. The largest absolute Gasteiger partial charge is 0.394 e. The Balaban J connectivity index is 2.34. The van der Waals surface area contributed by atoms with E-state index in [2.05, 4.69) is 26.3 Å². The number of carbonyl (C=O) groups excluding carboxylic acids is 1. The third-order valence-corrected chi connectivity index (χ3v) is 3.99. The molecule has 0 atom stereocenters. The van der Waals surface area contributed by atoms with Crippen molar-refractivity contribution in [2.75, 3.05) is 11.1 Å². The number of nitrogen functional groups attached to an aromatic ring is 1. The number of aromatic nitrogens is 2. The van der Waals surface area contributed by atoms with Crippen LogP contribution in [-0.2, 0) is 7.05 Å². The van der Waals surface area contributed by atoms with E-state index in [1.54, 1.807) is 32.2 Å². The van der Waals surface area contributed by atoms with Gasteiger partial charge >= 0.3 is 0 Å². The van der Waals surface area contributed by atoms with Gasteiger partial charge in [0.15, 0.2) is 5.82 Å². The Kier molecular flexibility index (Phi) is 3.82. The number of halogens is 2. The number of carbonyl (C=O) groups is 1. The highest BCUT2D eigenvalue weighted by molar-refractivity contribution is 9.10. The second-order valence-electron chi connectivity index (χ2n) is 4.03. The van der Waals surface area contributed by atoms with Crippen LogP contribution in [0, 0.1) is 6.92 Å². The normalized spacial score (nSPS) is 10.5. The zero-order chi connectivity index (χ0) is 14.2. The van der Waals surface area contributed by atoms with Gasteiger partial charge in [-0.3, -0.25) is 9.48 Å². The molecule has 0 fully saturated rings. The van der Waals surface area contributed by atoms with Crippen molar-refractivity contribution in [1.29, 1.82) is 0 Å². The molecule has 1 amide bonds. The molecular weight excluding hydrogens is 332 g/mol. The minimum absolute atomic E-state index is 0.332. The maximum atomic E-state index is 12.2. The molecule has 1 heterocycles. The van der Waals surface area contributed by atoms with Crippen LogP contribution in [0.4, 0.5) is 11.5 Å². The highest BCUT2D eigenvalue weighted by atomic mass is 79.9. The van der Waals surface area contributed by atoms with Crippen molar-refractivity contribution in [2.24, 2.45) is 7.05 Å². The number of amides is 1. The van der Waals surface area contributed by atoms with Gasteiger partial charge in [-0.2, -0.15) is 5.10 Å². The molecule has 19 heavy (non-hydrogen) atoms. The number of hydrogen-bond acceptors (Lipinski definition) is 3. The highest BCUT2D eigenvalue weighted by Crippen LogP contribution is 2.28. The quantitative estimate of drug-likeness (QED) is 0.880. The summed E-state index contributed by atoms with van der Waals surface area (Å²) in [6, 6.07) is 5.15. The van der Waals surface area contributed by atoms with E-state index >= 15 is 0 Å². The predicted octanol–water partition coefficient (Wildman–Crippen LogP) is 2.98. The minimum atomic E-state index is -0.332. The fourth-order valence-electron chi connectivity index (χ4n) is 1.68. The minimum Gasteiger partial charge on any atom is -0.394 e. The van der Waals surface area contributed by atoms with Gasteiger partial charge in [0.2, 0.25) is 0 Å². The van der Waals surface area contributed by atoms with E-state index in [1.165, 1.54) is 4.68 Å². The molecule has 100 valence electrons. The molecule has 2 rings (SSSR count). The van der Waals surface area contributed by atoms with Crippen molar-refractivity contribution >= 4 is 44.9 Å². The van der Waals surface area contributed by atoms with Crippen LogP contribution in [-0.4, -0.2) is 15.7 Å². The number of nitrogens with zero attached hydrogens (tertiary/aromatic N) is 2. The third-order valence-electron chi connectivity index (χ3n) is 2.70. The summed E-state index contributed by atoms with van der Waals surface area (Å²) < 4.78 is 2.19. The monoisotopic (exact) mass is 342 g/mol. The number of nitrogens with one attached hydrogen (secondary N) is 1. The van der Waals surface area contributed by atoms with Gasteiger partial charge < -0.3 is 11.1 Å². The van der Waals surface area contributed by atoms with Crippen molar-refractivity contribution in [3.05, 3.63) is 39.0 Å². The van der Waals surface area contributed by atoms with E-state index in [4.69, 9.17) is 17.3 Å². The maximum absolute atomic E-state index is 12.2. The maximum Gasteiger partial charge on any atom is 0.258 e. The summed E-state index contributed by atoms with van der Waals surface area (Å²) >= 11 is 9.36. The Hall–Kier alpha value is -1.53. The van der Waals surface area contributed by atoms with Gasteiger partial charge in [0.25, 0.3) is 5.91 Å². The molecule has 0 aliphatic carbocycles. The SMILES string of the molecule is Cc1nn(C)c(NC(=O)c2cccc(Br)c2Cl)c1N. The summed E-state index contributed by atoms with van der Waals surface area (Å²) in [4.78, 5) is 12.2. The van der Waals surface area contributed by atoms with E-state index in [0.717, 1.165) is 0 Å². The number of nitrogens with two attached hydrogens (primary N) is 1. The van der Waals surface area contributed by atoms with Crippen molar-refractivity contribution in [2.45, 2.75) is 6.92 Å². The van der Waals surface area contributed by atoms with Crippen LogP contribution in [0.2, 0.25) is 5.02 Å². The molecular formula is C12H12BrClN4O. The second kappa shape index (κ2) is 5.22. The molecule has 7 heteroatoms. The smallest absolute Gasteiger partial charge is 0.258 e. The Morgan fingerprint density at radius 1 is 1.53 bits per heavy atom. The van der Waals surface area contributed by atoms with Gasteiger partial charge in [-0.1, -0.05) is 17.7 Å². The summed E-state index contributed by atoms with van der Waals surface area (Å²) in [6.07, 6.45) is 0. The van der Waals surface area contributed by atoms with Gasteiger partial charge in [0.1, 0.15) is 0 Å². The zero-order valence-electron chi connectivity index (χ0n) is 10.4. The first-order chi connectivity index (χ1) is 8.91. The van der Waals surface area contributed by atoms with Crippen molar-refractivity contribution in [3.8, 4) is 0 Å². The standard InChI is InChI=1S/C12H12BrClN4O/c1-6-10(15)11(18(2)17-6)16-12(19)7-4-3-5-8(13)9(7)14/h3-5H,15H2,1-2H3,(H,16,19). The van der Waals surface area contributed by atoms with Gasteiger partial charge in [-0.05, 0) is 35.0 Å². The van der Waals surface area contributed by atoms with Crippen LogP contribution < -0.4 is 11.1 Å². The fraction of sp³-hybridized carbons (Fsp3) is 0.167. The third kappa shape index (κ3) is 2.59. The van der Waals surface area contributed by atoms with E-state index in [1.807, 2.05) is 0 Å². The molecule has 0 saturated heterocycles. The molecule has 2 aromatic rings. The Labute approximate surface area is 123 Å². The van der Waals surface area contributed by atoms with E-state index < -0.39 is 0 Å². The first kappa shape index (κ1) is 13.9. The summed E-state index contributed by atoms with van der Waals surface area (Å²) in [6.45, 7) is 1.77. The number of anilines is 2. The molecule has 0 radical (unpaired) electrons. The lowest BCUT2D eigenvalue weighted by molar-refractivity contribution is 0.102. The number of hydrogen-bond donors (Lipinski definition) is 2.